The van der Waals surface area contributed by atoms with Crippen molar-refractivity contribution in [1.29, 1.82) is 0 Å². The number of ether oxygens (including phenoxy) is 1. The van der Waals surface area contributed by atoms with Crippen molar-refractivity contribution in [3.63, 3.8) is 0 Å². The van der Waals surface area contributed by atoms with Crippen LogP contribution in [0.4, 0.5) is 0 Å². The number of hydroxylamine groups is 2. The zero-order valence-corrected chi connectivity index (χ0v) is 11.3. The van der Waals surface area contributed by atoms with Gasteiger partial charge in [-0.05, 0) is 12.1 Å². The van der Waals surface area contributed by atoms with Crippen molar-refractivity contribution in [1.82, 2.24) is 5.06 Å². The Morgan fingerprint density at radius 1 is 1.35 bits per heavy atom. The van der Waals surface area contributed by atoms with E-state index < -0.39 is 5.97 Å². The average Bonchev–Trinajstić information content (AvgIpc) is 2.33. The molecule has 0 fully saturated rings. The molecule has 0 heterocycles. The monoisotopic (exact) mass is 277 g/mol. The van der Waals surface area contributed by atoms with Gasteiger partial charge in [-0.2, -0.15) is 5.06 Å². The number of hydrogen-bond acceptors (Lipinski definition) is 4. The maximum atomic E-state index is 11.5. The lowest BCUT2D eigenvalue weighted by Gasteiger charge is -2.16. The highest BCUT2D eigenvalue weighted by atomic mass is 35.5. The number of carbonyl (C=O) groups excluding carboxylic acids is 1. The molecule has 0 bridgehead atoms. The molecule has 0 radical (unpaired) electrons. The molecule has 0 atom stereocenters. The number of halogens is 2. The molecule has 0 aliphatic carbocycles. The van der Waals surface area contributed by atoms with Gasteiger partial charge in [-0.15, -0.1) is 0 Å². The smallest absolute Gasteiger partial charge is 0.339 e. The average molecular weight is 278 g/mol. The fraction of sp³-hybridized carbons (Fsp3) is 0.364. The summed E-state index contributed by atoms with van der Waals surface area (Å²) >= 11 is 12.2. The van der Waals surface area contributed by atoms with E-state index in [-0.39, 0.29) is 10.6 Å². The van der Waals surface area contributed by atoms with Crippen LogP contribution in [0.5, 0.6) is 0 Å². The van der Waals surface area contributed by atoms with Crippen LogP contribution in [-0.4, -0.2) is 32.3 Å². The van der Waals surface area contributed by atoms with Crippen molar-refractivity contribution < 1.29 is 14.4 Å². The predicted molar refractivity (Wildman–Crippen MR) is 66.3 cm³/mol. The van der Waals surface area contributed by atoms with Crippen LogP contribution in [0.15, 0.2) is 12.1 Å². The summed E-state index contributed by atoms with van der Waals surface area (Å²) in [6.45, 7) is 0.374. The fourth-order valence-corrected chi connectivity index (χ4v) is 1.86. The summed E-state index contributed by atoms with van der Waals surface area (Å²) in [4.78, 5) is 16.4. The van der Waals surface area contributed by atoms with Crippen molar-refractivity contribution >= 4 is 29.2 Å². The van der Waals surface area contributed by atoms with E-state index in [1.165, 1.54) is 20.3 Å². The first kappa shape index (κ1) is 14.3. The third kappa shape index (κ3) is 3.33. The number of carbonyl (C=O) groups is 1. The Labute approximate surface area is 110 Å². The minimum atomic E-state index is -0.493. The molecule has 4 nitrogen and oxygen atoms in total. The number of hydrogen-bond donors (Lipinski definition) is 0. The van der Waals surface area contributed by atoms with E-state index in [1.807, 2.05) is 0 Å². The van der Waals surface area contributed by atoms with Gasteiger partial charge < -0.3 is 9.57 Å². The number of esters is 1. The molecule has 0 N–H and O–H groups in total. The molecule has 0 amide bonds. The van der Waals surface area contributed by atoms with E-state index in [1.54, 1.807) is 18.2 Å². The molecular formula is C11H13Cl2NO3. The Morgan fingerprint density at radius 3 is 2.53 bits per heavy atom. The van der Waals surface area contributed by atoms with Crippen LogP contribution in [-0.2, 0) is 16.1 Å². The standard InChI is InChI=1S/C11H13Cl2NO3/c1-14(17-3)6-8-9(12)5-4-7(10(8)13)11(15)16-2/h4-5H,6H2,1-3H3. The van der Waals surface area contributed by atoms with Crippen LogP contribution in [0.2, 0.25) is 10.0 Å². The quantitative estimate of drug-likeness (QED) is 0.627. The third-order valence-electron chi connectivity index (χ3n) is 2.28. The normalized spacial score (nSPS) is 10.7. The topological polar surface area (TPSA) is 38.8 Å². The number of methoxy groups -OCH3 is 1. The van der Waals surface area contributed by atoms with Gasteiger partial charge in [0, 0.05) is 17.6 Å². The van der Waals surface area contributed by atoms with Gasteiger partial charge in [0.1, 0.15) is 0 Å². The van der Waals surface area contributed by atoms with Crippen molar-refractivity contribution in [3.05, 3.63) is 33.3 Å². The van der Waals surface area contributed by atoms with Gasteiger partial charge in [0.15, 0.2) is 0 Å². The first-order valence-corrected chi connectivity index (χ1v) is 5.57. The Bertz CT molecular complexity index is 423. The van der Waals surface area contributed by atoms with Gasteiger partial charge in [-0.25, -0.2) is 4.79 Å². The summed E-state index contributed by atoms with van der Waals surface area (Å²) in [7, 11) is 4.57. The van der Waals surface area contributed by atoms with Crippen molar-refractivity contribution in [2.24, 2.45) is 0 Å². The molecule has 0 spiro atoms. The molecule has 1 aromatic rings. The molecule has 1 aromatic carbocycles. The summed E-state index contributed by atoms with van der Waals surface area (Å²) in [5.74, 6) is -0.493. The number of nitrogens with zero attached hydrogens (tertiary/aromatic N) is 1. The van der Waals surface area contributed by atoms with E-state index in [4.69, 9.17) is 28.0 Å². The second-order valence-corrected chi connectivity index (χ2v) is 4.13. The van der Waals surface area contributed by atoms with Crippen LogP contribution in [0, 0.1) is 0 Å². The van der Waals surface area contributed by atoms with Crippen LogP contribution in [0.1, 0.15) is 15.9 Å². The molecule has 17 heavy (non-hydrogen) atoms. The molecule has 0 aromatic heterocycles. The molecule has 0 saturated carbocycles. The third-order valence-corrected chi connectivity index (χ3v) is 3.07. The molecular weight excluding hydrogens is 265 g/mol. The van der Waals surface area contributed by atoms with Crippen LogP contribution in [0.3, 0.4) is 0 Å². The minimum Gasteiger partial charge on any atom is -0.465 e. The second kappa shape index (κ2) is 6.21. The summed E-state index contributed by atoms with van der Waals surface area (Å²) in [5.41, 5.74) is 0.915. The Balaban J connectivity index is 3.15. The summed E-state index contributed by atoms with van der Waals surface area (Å²) in [5, 5.41) is 2.31. The van der Waals surface area contributed by atoms with Crippen LogP contribution >= 0.6 is 23.2 Å². The lowest BCUT2D eigenvalue weighted by Crippen LogP contribution is -2.17. The second-order valence-electron chi connectivity index (χ2n) is 3.35. The molecule has 0 aliphatic heterocycles. The fourth-order valence-electron chi connectivity index (χ4n) is 1.30. The van der Waals surface area contributed by atoms with Crippen LogP contribution < -0.4 is 0 Å². The largest absolute Gasteiger partial charge is 0.465 e. The molecule has 6 heteroatoms. The van der Waals surface area contributed by atoms with Crippen molar-refractivity contribution in [2.45, 2.75) is 6.54 Å². The van der Waals surface area contributed by atoms with E-state index in [2.05, 4.69) is 4.74 Å². The highest BCUT2D eigenvalue weighted by molar-refractivity contribution is 6.37. The Morgan fingerprint density at radius 2 is 2.00 bits per heavy atom. The van der Waals surface area contributed by atoms with Crippen molar-refractivity contribution in [3.8, 4) is 0 Å². The minimum absolute atomic E-state index is 0.285. The first-order valence-electron chi connectivity index (χ1n) is 4.81. The molecule has 0 saturated heterocycles. The van der Waals surface area contributed by atoms with E-state index in [0.29, 0.717) is 17.1 Å². The molecule has 94 valence electrons. The van der Waals surface area contributed by atoms with Gasteiger partial charge in [0.05, 0.1) is 31.4 Å². The van der Waals surface area contributed by atoms with Crippen LogP contribution in [0.25, 0.3) is 0 Å². The van der Waals surface area contributed by atoms with E-state index in [0.717, 1.165) is 0 Å². The molecule has 1 rings (SSSR count). The van der Waals surface area contributed by atoms with Gasteiger partial charge in [0.2, 0.25) is 0 Å². The Kier molecular flexibility index (Phi) is 5.21. The van der Waals surface area contributed by atoms with Gasteiger partial charge in [-0.3, -0.25) is 0 Å². The zero-order chi connectivity index (χ0) is 13.0. The van der Waals surface area contributed by atoms with Crippen molar-refractivity contribution in [2.75, 3.05) is 21.3 Å². The Hall–Kier alpha value is -0.810. The molecule has 0 unspecified atom stereocenters. The van der Waals surface area contributed by atoms with E-state index in [9.17, 15) is 4.79 Å². The summed E-state index contributed by atoms with van der Waals surface area (Å²) in [6.07, 6.45) is 0. The molecule has 0 aliphatic rings. The van der Waals surface area contributed by atoms with Gasteiger partial charge >= 0.3 is 5.97 Å². The lowest BCUT2D eigenvalue weighted by atomic mass is 10.1. The SMILES string of the molecule is COC(=O)c1ccc(Cl)c(CN(C)OC)c1Cl. The highest BCUT2D eigenvalue weighted by Gasteiger charge is 2.17. The maximum Gasteiger partial charge on any atom is 0.339 e. The lowest BCUT2D eigenvalue weighted by molar-refractivity contribution is -0.116. The first-order chi connectivity index (χ1) is 8.01. The predicted octanol–water partition coefficient (Wildman–Crippen LogP) is 2.77. The number of rotatable bonds is 4. The van der Waals surface area contributed by atoms with Gasteiger partial charge in [0.25, 0.3) is 0 Å². The zero-order valence-electron chi connectivity index (χ0n) is 9.79. The van der Waals surface area contributed by atoms with E-state index >= 15 is 0 Å². The maximum absolute atomic E-state index is 11.5. The summed E-state index contributed by atoms with van der Waals surface area (Å²) < 4.78 is 4.63. The van der Waals surface area contributed by atoms with Gasteiger partial charge in [-0.1, -0.05) is 23.2 Å². The highest BCUT2D eigenvalue weighted by Crippen LogP contribution is 2.29. The summed E-state index contributed by atoms with van der Waals surface area (Å²) in [6, 6.07) is 3.14. The number of benzene rings is 1.